The van der Waals surface area contributed by atoms with E-state index in [0.29, 0.717) is 6.54 Å². The molecule has 0 aliphatic heterocycles. The lowest BCUT2D eigenvalue weighted by molar-refractivity contribution is 0.0577. The van der Waals surface area contributed by atoms with E-state index in [-0.39, 0.29) is 6.09 Å². The summed E-state index contributed by atoms with van der Waals surface area (Å²) in [5, 5.41) is 1.04. The number of carbonyl (C=O) groups is 1. The molecule has 4 nitrogen and oxygen atoms in total. The Kier molecular flexibility index (Phi) is 6.19. The normalized spacial score (nSPS) is 11.4. The molecule has 0 N–H and O–H groups in total. The molecule has 0 saturated carbocycles. The maximum Gasteiger partial charge on any atom is 0.415 e. The maximum atomic E-state index is 13.3. The second kappa shape index (κ2) is 9.07. The third-order valence-corrected chi connectivity index (χ3v) is 5.41. The average molecular weight is 439 g/mol. The molecule has 1 amide bonds. The van der Waals surface area contributed by atoms with Crippen LogP contribution in [0, 0.1) is 13.8 Å². The van der Waals surface area contributed by atoms with Gasteiger partial charge in [-0.25, -0.2) is 9.78 Å². The first-order valence-electron chi connectivity index (χ1n) is 11.2. The summed E-state index contributed by atoms with van der Waals surface area (Å²) in [6.07, 6.45) is -0.370. The smallest absolute Gasteiger partial charge is 0.415 e. The molecule has 3 aromatic carbocycles. The molecule has 0 aliphatic rings. The third kappa shape index (κ3) is 5.40. The lowest BCUT2D eigenvalue weighted by Crippen LogP contribution is -2.36. The fourth-order valence-electron chi connectivity index (χ4n) is 3.77. The van der Waals surface area contributed by atoms with Crippen molar-refractivity contribution >= 4 is 22.7 Å². The SMILES string of the molecule is Cc1ccc(N(Cc2cc(-c3ccccc3)nc3ccc(C)cc23)C(=O)OC(C)(C)C)cc1. The number of aromatic nitrogens is 1. The van der Waals surface area contributed by atoms with Crippen LogP contribution in [0.3, 0.4) is 0 Å². The van der Waals surface area contributed by atoms with Gasteiger partial charge in [-0.15, -0.1) is 0 Å². The van der Waals surface area contributed by atoms with Crippen molar-refractivity contribution in [3.8, 4) is 11.3 Å². The van der Waals surface area contributed by atoms with Crippen molar-refractivity contribution in [2.24, 2.45) is 0 Å². The maximum absolute atomic E-state index is 13.3. The van der Waals surface area contributed by atoms with Crippen molar-refractivity contribution in [2.45, 2.75) is 46.8 Å². The number of rotatable bonds is 4. The van der Waals surface area contributed by atoms with E-state index in [1.165, 1.54) is 0 Å². The van der Waals surface area contributed by atoms with Gasteiger partial charge in [-0.1, -0.05) is 59.7 Å². The van der Waals surface area contributed by atoms with E-state index in [9.17, 15) is 4.79 Å². The van der Waals surface area contributed by atoms with Gasteiger partial charge >= 0.3 is 6.09 Å². The molecule has 0 unspecified atom stereocenters. The number of hydrogen-bond donors (Lipinski definition) is 0. The fourth-order valence-corrected chi connectivity index (χ4v) is 3.77. The van der Waals surface area contributed by atoms with Gasteiger partial charge in [0.2, 0.25) is 0 Å². The van der Waals surface area contributed by atoms with E-state index < -0.39 is 5.60 Å². The summed E-state index contributed by atoms with van der Waals surface area (Å²) in [5.41, 5.74) is 6.35. The number of benzene rings is 3. The Morgan fingerprint density at radius 3 is 2.21 bits per heavy atom. The van der Waals surface area contributed by atoms with Gasteiger partial charge < -0.3 is 4.74 Å². The van der Waals surface area contributed by atoms with E-state index >= 15 is 0 Å². The minimum absolute atomic E-state index is 0.370. The number of carbonyl (C=O) groups excluding carboxylic acids is 1. The fraction of sp³-hybridized carbons (Fsp3) is 0.241. The summed E-state index contributed by atoms with van der Waals surface area (Å²) in [7, 11) is 0. The molecule has 0 fully saturated rings. The van der Waals surface area contributed by atoms with Crippen molar-refractivity contribution in [1.29, 1.82) is 0 Å². The largest absolute Gasteiger partial charge is 0.443 e. The minimum Gasteiger partial charge on any atom is -0.443 e. The zero-order valence-electron chi connectivity index (χ0n) is 19.9. The first-order chi connectivity index (χ1) is 15.7. The molecule has 0 aliphatic carbocycles. The van der Waals surface area contributed by atoms with Crippen LogP contribution in [-0.2, 0) is 11.3 Å². The van der Waals surface area contributed by atoms with Gasteiger partial charge in [-0.2, -0.15) is 0 Å². The standard InChI is InChI=1S/C29H30N2O2/c1-20-11-14-24(15-12-20)31(28(32)33-29(3,4)5)19-23-18-27(22-9-7-6-8-10-22)30-26-16-13-21(2)17-25(23)26/h6-18H,19H2,1-5H3. The summed E-state index contributed by atoms with van der Waals surface area (Å²) < 4.78 is 5.78. The minimum atomic E-state index is -0.591. The molecule has 0 radical (unpaired) electrons. The Balaban J connectivity index is 1.84. The number of pyridine rings is 1. The summed E-state index contributed by atoms with van der Waals surface area (Å²) >= 11 is 0. The second-order valence-corrected chi connectivity index (χ2v) is 9.46. The quantitative estimate of drug-likeness (QED) is 0.332. The summed E-state index contributed by atoms with van der Waals surface area (Å²) in [6.45, 7) is 10.1. The predicted molar refractivity (Wildman–Crippen MR) is 136 cm³/mol. The molecule has 4 aromatic rings. The second-order valence-electron chi connectivity index (χ2n) is 9.46. The summed E-state index contributed by atoms with van der Waals surface area (Å²) in [5.74, 6) is 0. The molecule has 168 valence electrons. The van der Waals surface area contributed by atoms with E-state index in [1.54, 1.807) is 4.90 Å². The van der Waals surface area contributed by atoms with Crippen molar-refractivity contribution in [1.82, 2.24) is 4.98 Å². The molecule has 4 rings (SSSR count). The van der Waals surface area contributed by atoms with E-state index in [2.05, 4.69) is 37.3 Å². The molecule has 0 bridgehead atoms. The highest BCUT2D eigenvalue weighted by Gasteiger charge is 2.24. The van der Waals surface area contributed by atoms with Crippen molar-refractivity contribution in [3.63, 3.8) is 0 Å². The Hall–Kier alpha value is -3.66. The van der Waals surface area contributed by atoms with Crippen LogP contribution < -0.4 is 4.90 Å². The van der Waals surface area contributed by atoms with Crippen LogP contribution >= 0.6 is 0 Å². The number of fused-ring (bicyclic) bond motifs is 1. The van der Waals surface area contributed by atoms with Gasteiger partial charge in [0.15, 0.2) is 0 Å². The number of nitrogens with zero attached hydrogens (tertiary/aromatic N) is 2. The summed E-state index contributed by atoms with van der Waals surface area (Å²) in [4.78, 5) is 19.9. The monoisotopic (exact) mass is 438 g/mol. The van der Waals surface area contributed by atoms with Crippen LogP contribution in [0.2, 0.25) is 0 Å². The highest BCUT2D eigenvalue weighted by molar-refractivity contribution is 5.91. The lowest BCUT2D eigenvalue weighted by Gasteiger charge is -2.28. The van der Waals surface area contributed by atoms with E-state index in [1.807, 2.05) is 76.2 Å². The molecule has 0 atom stereocenters. The van der Waals surface area contributed by atoms with Crippen LogP contribution in [0.1, 0.15) is 37.5 Å². The molecule has 1 aromatic heterocycles. The van der Waals surface area contributed by atoms with Crippen LogP contribution in [-0.4, -0.2) is 16.7 Å². The molecular formula is C29H30N2O2. The van der Waals surface area contributed by atoms with Crippen molar-refractivity contribution in [2.75, 3.05) is 4.90 Å². The number of anilines is 1. The molecule has 0 spiro atoms. The third-order valence-electron chi connectivity index (χ3n) is 5.41. The highest BCUT2D eigenvalue weighted by atomic mass is 16.6. The Morgan fingerprint density at radius 2 is 1.55 bits per heavy atom. The van der Waals surface area contributed by atoms with Gasteiger partial charge in [-0.3, -0.25) is 4.90 Å². The molecule has 1 heterocycles. The van der Waals surface area contributed by atoms with Crippen molar-refractivity contribution < 1.29 is 9.53 Å². The van der Waals surface area contributed by atoms with Gasteiger partial charge in [0.1, 0.15) is 5.60 Å². The average Bonchev–Trinajstić information content (AvgIpc) is 2.77. The summed E-state index contributed by atoms with van der Waals surface area (Å²) in [6, 6.07) is 26.4. The topological polar surface area (TPSA) is 42.4 Å². The van der Waals surface area contributed by atoms with Gasteiger partial charge in [0.05, 0.1) is 17.8 Å². The van der Waals surface area contributed by atoms with Crippen LogP contribution in [0.25, 0.3) is 22.2 Å². The van der Waals surface area contributed by atoms with Crippen LogP contribution in [0.15, 0.2) is 78.9 Å². The Morgan fingerprint density at radius 1 is 0.879 bits per heavy atom. The van der Waals surface area contributed by atoms with Gasteiger partial charge in [0, 0.05) is 16.6 Å². The number of hydrogen-bond acceptors (Lipinski definition) is 3. The molecular weight excluding hydrogens is 408 g/mol. The number of amides is 1. The van der Waals surface area contributed by atoms with Crippen LogP contribution in [0.4, 0.5) is 10.5 Å². The highest BCUT2D eigenvalue weighted by Crippen LogP contribution is 2.29. The lowest BCUT2D eigenvalue weighted by atomic mass is 10.0. The van der Waals surface area contributed by atoms with Crippen LogP contribution in [0.5, 0.6) is 0 Å². The van der Waals surface area contributed by atoms with Crippen molar-refractivity contribution in [3.05, 3.63) is 95.6 Å². The first-order valence-corrected chi connectivity index (χ1v) is 11.2. The van der Waals surface area contributed by atoms with E-state index in [0.717, 1.165) is 44.5 Å². The Labute approximate surface area is 195 Å². The zero-order chi connectivity index (χ0) is 23.6. The Bertz CT molecular complexity index is 1270. The van der Waals surface area contributed by atoms with E-state index in [4.69, 9.17) is 9.72 Å². The number of aryl methyl sites for hydroxylation is 2. The first kappa shape index (κ1) is 22.5. The van der Waals surface area contributed by atoms with Gasteiger partial charge in [-0.05, 0) is 70.5 Å². The molecule has 4 heteroatoms. The molecule has 0 saturated heterocycles. The molecule has 33 heavy (non-hydrogen) atoms. The van der Waals surface area contributed by atoms with Gasteiger partial charge in [0.25, 0.3) is 0 Å². The zero-order valence-corrected chi connectivity index (χ0v) is 19.9. The number of ether oxygens (including phenoxy) is 1. The predicted octanol–water partition coefficient (Wildman–Crippen LogP) is 7.46.